The van der Waals surface area contributed by atoms with Gasteiger partial charge in [0.05, 0.1) is 5.69 Å². The van der Waals surface area contributed by atoms with Crippen LogP contribution in [-0.4, -0.2) is 14.7 Å². The molecule has 2 heterocycles. The van der Waals surface area contributed by atoms with E-state index in [0.717, 1.165) is 4.57 Å². The average Bonchev–Trinajstić information content (AvgIpc) is 2.43. The number of nitrogens with one attached hydrogen (secondary N) is 1. The number of aromatic nitrogens is 3. The summed E-state index contributed by atoms with van der Waals surface area (Å²) in [4.78, 5) is 25.0. The zero-order valence-corrected chi connectivity index (χ0v) is 7.12. The van der Waals surface area contributed by atoms with Crippen molar-refractivity contribution >= 4 is 11.1 Å². The van der Waals surface area contributed by atoms with E-state index in [1.807, 2.05) is 0 Å². The Morgan fingerprint density at radius 2 is 2.15 bits per heavy atom. The Bertz CT molecular complexity index is 575. The average molecular weight is 181 g/mol. The molecule has 0 aliphatic rings. The van der Waals surface area contributed by atoms with E-state index in [0.29, 0.717) is 11.1 Å². The van der Waals surface area contributed by atoms with E-state index < -0.39 is 11.2 Å². The zero-order valence-electron chi connectivity index (χ0n) is 7.12. The largest absolute Gasteiger partial charge is 0.337 e. The van der Waals surface area contributed by atoms with Gasteiger partial charge in [-0.2, -0.15) is 0 Å². The van der Waals surface area contributed by atoms with Crippen LogP contribution >= 0.6 is 0 Å². The summed E-state index contributed by atoms with van der Waals surface area (Å²) < 4.78 is 5.73. The molecule has 0 aliphatic heterocycles. The summed E-state index contributed by atoms with van der Waals surface area (Å²) in [5.41, 5.74) is -0.288. The highest BCUT2D eigenvalue weighted by Gasteiger charge is 2.11. The summed E-state index contributed by atoms with van der Waals surface area (Å²) in [7, 11) is 1.40. The Morgan fingerprint density at radius 3 is 2.85 bits per heavy atom. The second kappa shape index (κ2) is 2.32. The molecule has 0 spiro atoms. The molecule has 2 aromatic rings. The molecule has 6 nitrogen and oxygen atoms in total. The van der Waals surface area contributed by atoms with Crippen molar-refractivity contribution < 1.29 is 4.52 Å². The van der Waals surface area contributed by atoms with E-state index in [1.54, 1.807) is 6.92 Å². The van der Waals surface area contributed by atoms with Crippen LogP contribution in [0.1, 0.15) is 5.69 Å². The first kappa shape index (κ1) is 7.78. The number of fused-ring (bicyclic) bond motifs is 1. The summed E-state index contributed by atoms with van der Waals surface area (Å²) in [6.45, 7) is 1.64. The van der Waals surface area contributed by atoms with Gasteiger partial charge in [0.1, 0.15) is 5.39 Å². The van der Waals surface area contributed by atoms with Crippen molar-refractivity contribution in [3.8, 4) is 0 Å². The molecule has 6 heteroatoms. The lowest BCUT2D eigenvalue weighted by Gasteiger charge is -1.93. The molecule has 0 atom stereocenters. The van der Waals surface area contributed by atoms with Gasteiger partial charge in [-0.25, -0.2) is 4.79 Å². The van der Waals surface area contributed by atoms with Crippen molar-refractivity contribution in [1.82, 2.24) is 14.7 Å². The molecule has 0 bridgehead atoms. The van der Waals surface area contributed by atoms with Crippen LogP contribution < -0.4 is 11.2 Å². The SMILES string of the molecule is Cc1noc2[nH]c(=O)n(C)c(=O)c12. The van der Waals surface area contributed by atoms with Crippen LogP contribution in [0.15, 0.2) is 14.1 Å². The standard InChI is InChI=1S/C7H7N3O3/c1-3-4-5(13-9-3)8-7(12)10(2)6(4)11/h1-2H3,(H,8,12). The highest BCUT2D eigenvalue weighted by atomic mass is 16.5. The lowest BCUT2D eigenvalue weighted by molar-refractivity contribution is 0.441. The van der Waals surface area contributed by atoms with Gasteiger partial charge in [-0.05, 0) is 6.92 Å². The van der Waals surface area contributed by atoms with E-state index in [1.165, 1.54) is 7.05 Å². The summed E-state index contributed by atoms with van der Waals surface area (Å²) in [6.07, 6.45) is 0. The Morgan fingerprint density at radius 1 is 1.46 bits per heavy atom. The minimum Gasteiger partial charge on any atom is -0.337 e. The van der Waals surface area contributed by atoms with Crippen molar-refractivity contribution in [3.63, 3.8) is 0 Å². The number of aromatic amines is 1. The molecule has 0 saturated carbocycles. The number of H-pyrrole nitrogens is 1. The Hall–Kier alpha value is -1.85. The van der Waals surface area contributed by atoms with Crippen molar-refractivity contribution in [2.45, 2.75) is 6.92 Å². The third kappa shape index (κ3) is 0.915. The minimum atomic E-state index is -0.506. The highest BCUT2D eigenvalue weighted by Crippen LogP contribution is 2.07. The van der Waals surface area contributed by atoms with Crippen LogP contribution in [0.25, 0.3) is 11.1 Å². The Balaban J connectivity index is 3.16. The molecule has 0 fully saturated rings. The molecule has 2 rings (SSSR count). The number of hydrogen-bond donors (Lipinski definition) is 1. The molecule has 2 aromatic heterocycles. The topological polar surface area (TPSA) is 80.9 Å². The predicted octanol–water partition coefficient (Wildman–Crippen LogP) is -0.477. The van der Waals surface area contributed by atoms with Gasteiger partial charge in [-0.1, -0.05) is 5.16 Å². The Labute approximate surface area is 71.8 Å². The smallest absolute Gasteiger partial charge is 0.330 e. The van der Waals surface area contributed by atoms with E-state index in [-0.39, 0.29) is 5.71 Å². The monoisotopic (exact) mass is 181 g/mol. The fourth-order valence-electron chi connectivity index (χ4n) is 1.15. The molecular formula is C7H7N3O3. The fraction of sp³-hybridized carbons (Fsp3) is 0.286. The van der Waals surface area contributed by atoms with Gasteiger partial charge < -0.3 is 4.52 Å². The van der Waals surface area contributed by atoms with Crippen LogP contribution in [0.3, 0.4) is 0 Å². The van der Waals surface area contributed by atoms with Crippen LogP contribution in [0.4, 0.5) is 0 Å². The van der Waals surface area contributed by atoms with E-state index >= 15 is 0 Å². The fourth-order valence-corrected chi connectivity index (χ4v) is 1.15. The van der Waals surface area contributed by atoms with Crippen LogP contribution in [0.5, 0.6) is 0 Å². The normalized spacial score (nSPS) is 10.9. The molecule has 0 radical (unpaired) electrons. The van der Waals surface area contributed by atoms with Crippen molar-refractivity contribution in [3.05, 3.63) is 26.5 Å². The molecular weight excluding hydrogens is 174 g/mol. The molecule has 0 amide bonds. The highest BCUT2D eigenvalue weighted by molar-refractivity contribution is 5.73. The van der Waals surface area contributed by atoms with Crippen molar-refractivity contribution in [2.24, 2.45) is 7.05 Å². The van der Waals surface area contributed by atoms with Crippen molar-refractivity contribution in [1.29, 1.82) is 0 Å². The third-order valence-electron chi connectivity index (χ3n) is 1.91. The predicted molar refractivity (Wildman–Crippen MR) is 44.6 cm³/mol. The van der Waals surface area contributed by atoms with E-state index in [9.17, 15) is 9.59 Å². The van der Waals surface area contributed by atoms with Crippen LogP contribution in [0.2, 0.25) is 0 Å². The molecule has 0 saturated heterocycles. The lowest BCUT2D eigenvalue weighted by atomic mass is 10.3. The van der Waals surface area contributed by atoms with Crippen LogP contribution in [0, 0.1) is 6.92 Å². The van der Waals surface area contributed by atoms with Gasteiger partial charge in [-0.3, -0.25) is 14.3 Å². The number of rotatable bonds is 0. The number of hydrogen-bond acceptors (Lipinski definition) is 4. The maximum absolute atomic E-state index is 11.5. The minimum absolute atomic E-state index is 0.130. The van der Waals surface area contributed by atoms with Gasteiger partial charge in [0, 0.05) is 7.05 Å². The van der Waals surface area contributed by atoms with Gasteiger partial charge >= 0.3 is 5.69 Å². The van der Waals surface area contributed by atoms with E-state index in [2.05, 4.69) is 10.1 Å². The second-order valence-electron chi connectivity index (χ2n) is 2.77. The van der Waals surface area contributed by atoms with Crippen molar-refractivity contribution in [2.75, 3.05) is 0 Å². The molecule has 0 unspecified atom stereocenters. The third-order valence-corrected chi connectivity index (χ3v) is 1.91. The summed E-state index contributed by atoms with van der Waals surface area (Å²) >= 11 is 0. The Kier molecular flexibility index (Phi) is 1.39. The number of nitrogens with zero attached hydrogens (tertiary/aromatic N) is 2. The molecule has 1 N–H and O–H groups in total. The van der Waals surface area contributed by atoms with E-state index in [4.69, 9.17) is 4.52 Å². The second-order valence-corrected chi connectivity index (χ2v) is 2.77. The number of aryl methyl sites for hydroxylation is 1. The first-order valence-corrected chi connectivity index (χ1v) is 3.66. The van der Waals surface area contributed by atoms with Gasteiger partial charge in [0.25, 0.3) is 5.56 Å². The summed E-state index contributed by atoms with van der Waals surface area (Å²) in [6, 6.07) is 0. The molecule has 68 valence electrons. The first-order chi connectivity index (χ1) is 6.11. The van der Waals surface area contributed by atoms with Gasteiger partial charge in [-0.15, -0.1) is 0 Å². The maximum Gasteiger partial charge on any atom is 0.330 e. The zero-order chi connectivity index (χ0) is 9.59. The van der Waals surface area contributed by atoms with Gasteiger partial charge in [0.15, 0.2) is 0 Å². The maximum atomic E-state index is 11.5. The molecule has 0 aliphatic carbocycles. The molecule has 0 aromatic carbocycles. The lowest BCUT2D eigenvalue weighted by Crippen LogP contribution is -2.32. The quantitative estimate of drug-likeness (QED) is 0.595. The molecule has 13 heavy (non-hydrogen) atoms. The first-order valence-electron chi connectivity index (χ1n) is 3.66. The summed E-state index contributed by atoms with van der Waals surface area (Å²) in [5.74, 6) is 0. The van der Waals surface area contributed by atoms with Crippen LogP contribution in [-0.2, 0) is 7.05 Å². The van der Waals surface area contributed by atoms with Gasteiger partial charge in [0.2, 0.25) is 5.71 Å². The summed E-state index contributed by atoms with van der Waals surface area (Å²) in [5, 5.41) is 3.90.